The van der Waals surface area contributed by atoms with Crippen molar-refractivity contribution < 1.29 is 0 Å². The van der Waals surface area contributed by atoms with Gasteiger partial charge in [-0.25, -0.2) is 9.97 Å². The van der Waals surface area contributed by atoms with Crippen molar-refractivity contribution in [2.24, 2.45) is 0 Å². The fraction of sp³-hybridized carbons (Fsp3) is 0. The van der Waals surface area contributed by atoms with Crippen molar-refractivity contribution in [2.75, 3.05) is 0 Å². The minimum Gasteiger partial charge on any atom is -0.355 e. The zero-order valence-electron chi connectivity index (χ0n) is 15.3. The molecule has 10 heteroatoms. The molecule has 4 nitrogen and oxygen atoms in total. The molecular formula is C20H20Cl6N4. The molecule has 5 heterocycles. The van der Waals surface area contributed by atoms with Crippen LogP contribution in [-0.2, 0) is 0 Å². The highest BCUT2D eigenvalue weighted by Gasteiger charge is 2.02. The van der Waals surface area contributed by atoms with Gasteiger partial charge in [-0.3, -0.25) is 0 Å². The minimum absolute atomic E-state index is 0. The van der Waals surface area contributed by atoms with Crippen LogP contribution in [0, 0.1) is 0 Å². The van der Waals surface area contributed by atoms with E-state index in [1.165, 1.54) is 0 Å². The summed E-state index contributed by atoms with van der Waals surface area (Å²) in [4.78, 5) is 16.0. The number of nitrogens with one attached hydrogen (secondary N) is 2. The molecule has 30 heavy (non-hydrogen) atoms. The smallest absolute Gasteiger partial charge is 0.0659 e. The van der Waals surface area contributed by atoms with Gasteiger partial charge < -0.3 is 9.97 Å². The van der Waals surface area contributed by atoms with E-state index in [0.29, 0.717) is 0 Å². The van der Waals surface area contributed by atoms with Crippen LogP contribution in [0.3, 0.4) is 0 Å². The Morgan fingerprint density at radius 3 is 1.07 bits per heavy atom. The van der Waals surface area contributed by atoms with Gasteiger partial charge in [0.15, 0.2) is 0 Å². The van der Waals surface area contributed by atoms with Gasteiger partial charge >= 0.3 is 0 Å². The Bertz CT molecular complexity index is 1090. The summed E-state index contributed by atoms with van der Waals surface area (Å²) in [6.07, 6.45) is 8.05. The van der Waals surface area contributed by atoms with Crippen LogP contribution in [0.1, 0.15) is 22.8 Å². The summed E-state index contributed by atoms with van der Waals surface area (Å²) in [7, 11) is 0. The van der Waals surface area contributed by atoms with Crippen LogP contribution in [0.5, 0.6) is 0 Å². The number of aromatic amines is 2. The first-order valence-corrected chi connectivity index (χ1v) is 7.85. The molecule has 2 N–H and O–H groups in total. The van der Waals surface area contributed by atoms with E-state index >= 15 is 0 Å². The van der Waals surface area contributed by atoms with E-state index in [9.17, 15) is 0 Å². The molecule has 0 saturated carbocycles. The Morgan fingerprint density at radius 2 is 0.700 bits per heavy atom. The Hall–Kier alpha value is -1.66. The van der Waals surface area contributed by atoms with E-state index in [4.69, 9.17) is 0 Å². The molecule has 0 spiro atoms. The van der Waals surface area contributed by atoms with Gasteiger partial charge in [0.1, 0.15) is 0 Å². The Balaban J connectivity index is 0. The van der Waals surface area contributed by atoms with Crippen molar-refractivity contribution in [3.63, 3.8) is 0 Å². The van der Waals surface area contributed by atoms with Crippen molar-refractivity contribution in [3.8, 4) is 0 Å². The number of rotatable bonds is 0. The van der Waals surface area contributed by atoms with Crippen LogP contribution in [0.25, 0.3) is 46.4 Å². The first-order chi connectivity index (χ1) is 11.8. The average molecular weight is 529 g/mol. The number of H-pyrrole nitrogens is 2. The molecule has 2 aliphatic rings. The quantitative estimate of drug-likeness (QED) is 0.223. The molecule has 0 fully saturated rings. The number of nitrogens with zero attached hydrogens (tertiary/aromatic N) is 2. The lowest BCUT2D eigenvalue weighted by molar-refractivity contribution is 1.28. The molecule has 162 valence electrons. The number of halogens is 6. The predicted octanol–water partition coefficient (Wildman–Crippen LogP) is 7.19. The van der Waals surface area contributed by atoms with Crippen molar-refractivity contribution in [2.45, 2.75) is 0 Å². The fourth-order valence-corrected chi connectivity index (χ4v) is 2.94. The first-order valence-electron chi connectivity index (χ1n) is 7.85. The Morgan fingerprint density at radius 1 is 0.400 bits per heavy atom. The monoisotopic (exact) mass is 526 g/mol. The SMILES string of the molecule is C1=Cc2cc3ccc(cc4ccc(cc5nc(cc1n2)C=C5)[nH]4)[nH]3.Cl.Cl.Cl.Cl.Cl.Cl. The van der Waals surface area contributed by atoms with Crippen molar-refractivity contribution in [1.82, 2.24) is 19.9 Å². The lowest BCUT2D eigenvalue weighted by Crippen LogP contribution is -1.77. The highest BCUT2D eigenvalue weighted by Crippen LogP contribution is 2.17. The van der Waals surface area contributed by atoms with Crippen molar-refractivity contribution in [1.29, 1.82) is 0 Å². The molecule has 0 saturated heterocycles. The third-order valence-corrected chi connectivity index (χ3v) is 4.04. The van der Waals surface area contributed by atoms with Gasteiger partial charge in [0.2, 0.25) is 0 Å². The van der Waals surface area contributed by atoms with E-state index in [0.717, 1.165) is 44.8 Å². The van der Waals surface area contributed by atoms with Crippen molar-refractivity contribution >= 4 is 121 Å². The maximum absolute atomic E-state index is 4.62. The van der Waals surface area contributed by atoms with Gasteiger partial charge in [0.05, 0.1) is 22.8 Å². The minimum atomic E-state index is 0. The number of fused-ring (bicyclic) bond motifs is 8. The largest absolute Gasteiger partial charge is 0.355 e. The molecule has 0 unspecified atom stereocenters. The van der Waals surface area contributed by atoms with E-state index < -0.39 is 0 Å². The fourth-order valence-electron chi connectivity index (χ4n) is 2.94. The molecule has 8 bridgehead atoms. The van der Waals surface area contributed by atoms with E-state index in [-0.39, 0.29) is 74.4 Å². The average Bonchev–Trinajstić information content (AvgIpc) is 3.32. The second-order valence-electron chi connectivity index (χ2n) is 5.91. The number of hydrogen-bond acceptors (Lipinski definition) is 2. The third kappa shape index (κ3) is 6.67. The molecule has 0 aromatic carbocycles. The van der Waals surface area contributed by atoms with Crippen LogP contribution < -0.4 is 0 Å². The summed E-state index contributed by atoms with van der Waals surface area (Å²) in [5, 5.41) is 0. The molecule has 0 amide bonds. The lowest BCUT2D eigenvalue weighted by atomic mass is 10.3. The Labute approximate surface area is 211 Å². The summed E-state index contributed by atoms with van der Waals surface area (Å²) < 4.78 is 0. The summed E-state index contributed by atoms with van der Waals surface area (Å²) in [5.41, 5.74) is 7.86. The molecule has 0 radical (unpaired) electrons. The Kier molecular flexibility index (Phi) is 13.1. The first kappa shape index (κ1) is 30.5. The van der Waals surface area contributed by atoms with Crippen LogP contribution in [0.4, 0.5) is 0 Å². The van der Waals surface area contributed by atoms with Crippen molar-refractivity contribution in [3.05, 3.63) is 71.3 Å². The highest BCUT2D eigenvalue weighted by molar-refractivity contribution is 5.86. The van der Waals surface area contributed by atoms with Gasteiger partial charge in [0, 0.05) is 22.1 Å². The van der Waals surface area contributed by atoms with Gasteiger partial charge in [-0.2, -0.15) is 0 Å². The van der Waals surface area contributed by atoms with Crippen LogP contribution >= 0.6 is 74.4 Å². The highest BCUT2D eigenvalue weighted by atomic mass is 35.5. The molecule has 0 aliphatic carbocycles. The van der Waals surface area contributed by atoms with E-state index in [2.05, 4.69) is 50.3 Å². The zero-order valence-corrected chi connectivity index (χ0v) is 20.2. The summed E-state index contributed by atoms with van der Waals surface area (Å²) in [5.74, 6) is 0. The molecule has 3 aromatic heterocycles. The topological polar surface area (TPSA) is 57.4 Å². The summed E-state index contributed by atoms with van der Waals surface area (Å²) >= 11 is 0. The molecular weight excluding hydrogens is 509 g/mol. The normalized spacial score (nSPS) is 10.1. The molecule has 0 atom stereocenters. The van der Waals surface area contributed by atoms with Gasteiger partial charge in [-0.05, 0) is 72.8 Å². The standard InChI is InChI=1S/C20H14N4.6ClH/c1-2-14-10-16-5-6-18(23-16)12-20-8-7-19(24-20)11-17-4-3-15(22-17)9-13(1)21-14;;;;;;/h1-12,21-22H;6*1H. The maximum atomic E-state index is 4.62. The third-order valence-electron chi connectivity index (χ3n) is 4.04. The van der Waals surface area contributed by atoms with Gasteiger partial charge in [0.25, 0.3) is 0 Å². The zero-order chi connectivity index (χ0) is 15.9. The van der Waals surface area contributed by atoms with Gasteiger partial charge in [-0.15, -0.1) is 74.4 Å². The summed E-state index contributed by atoms with van der Waals surface area (Å²) in [6.45, 7) is 0. The van der Waals surface area contributed by atoms with Crippen LogP contribution in [0.2, 0.25) is 0 Å². The second kappa shape index (κ2) is 12.9. The van der Waals surface area contributed by atoms with Crippen LogP contribution in [0.15, 0.2) is 48.5 Å². The lowest BCUT2D eigenvalue weighted by Gasteiger charge is -1.86. The molecule has 5 rings (SSSR count). The predicted molar refractivity (Wildman–Crippen MR) is 142 cm³/mol. The number of aromatic nitrogens is 4. The molecule has 2 aliphatic heterocycles. The summed E-state index contributed by atoms with van der Waals surface area (Å²) in [6, 6.07) is 16.4. The van der Waals surface area contributed by atoms with Gasteiger partial charge in [-0.1, -0.05) is 0 Å². The molecule has 3 aromatic rings. The number of hydrogen-bond donors (Lipinski definition) is 2. The van der Waals surface area contributed by atoms with E-state index in [1.54, 1.807) is 0 Å². The van der Waals surface area contributed by atoms with E-state index in [1.807, 2.05) is 42.5 Å². The maximum Gasteiger partial charge on any atom is 0.0659 e. The second-order valence-corrected chi connectivity index (χ2v) is 5.91. The van der Waals surface area contributed by atoms with Crippen LogP contribution in [-0.4, -0.2) is 19.9 Å².